The van der Waals surface area contributed by atoms with Crippen molar-refractivity contribution in [2.24, 2.45) is 7.05 Å². The fourth-order valence-corrected chi connectivity index (χ4v) is 3.28. The number of rotatable bonds is 9. The van der Waals surface area contributed by atoms with Crippen molar-refractivity contribution >= 4 is 11.5 Å². The Morgan fingerprint density at radius 2 is 2.14 bits per heavy atom. The third kappa shape index (κ3) is 4.35. The minimum atomic E-state index is 0.349. The number of aryl methyl sites for hydroxylation is 3. The Kier molecular flexibility index (Phi) is 6.32. The van der Waals surface area contributed by atoms with Crippen molar-refractivity contribution in [1.82, 2.24) is 24.7 Å². The summed E-state index contributed by atoms with van der Waals surface area (Å²) in [6.07, 6.45) is 7.20. The molecule has 1 unspecified atom stereocenters. The molecule has 0 fully saturated rings. The summed E-state index contributed by atoms with van der Waals surface area (Å²) in [5.74, 6) is 0. The smallest absolute Gasteiger partial charge is 0.0803 e. The predicted molar refractivity (Wildman–Crippen MR) is 86.5 cm³/mol. The fourth-order valence-electron chi connectivity index (χ4n) is 2.47. The lowest BCUT2D eigenvalue weighted by Gasteiger charge is -2.17. The lowest BCUT2D eigenvalue weighted by atomic mass is 10.0. The van der Waals surface area contributed by atoms with E-state index in [1.165, 1.54) is 16.3 Å². The van der Waals surface area contributed by atoms with Crippen LogP contribution in [0.2, 0.25) is 0 Å². The summed E-state index contributed by atoms with van der Waals surface area (Å²) in [6.45, 7) is 5.41. The summed E-state index contributed by atoms with van der Waals surface area (Å²) < 4.78 is 6.12. The molecule has 1 N–H and O–H groups in total. The van der Waals surface area contributed by atoms with Crippen LogP contribution in [-0.2, 0) is 19.9 Å². The van der Waals surface area contributed by atoms with Gasteiger partial charge in [0.25, 0.3) is 0 Å². The van der Waals surface area contributed by atoms with E-state index in [2.05, 4.69) is 39.9 Å². The molecule has 6 heteroatoms. The molecule has 0 aromatic carbocycles. The van der Waals surface area contributed by atoms with Gasteiger partial charge in [0.1, 0.15) is 0 Å². The summed E-state index contributed by atoms with van der Waals surface area (Å²) in [5, 5.41) is 12.2. The van der Waals surface area contributed by atoms with Crippen LogP contribution in [0, 0.1) is 0 Å². The van der Waals surface area contributed by atoms with E-state index in [9.17, 15) is 0 Å². The maximum absolute atomic E-state index is 4.31. The molecule has 0 saturated heterocycles. The maximum Gasteiger partial charge on any atom is 0.0803 e. The number of nitrogens with one attached hydrogen (secondary N) is 1. The summed E-state index contributed by atoms with van der Waals surface area (Å²) in [5.41, 5.74) is 2.44. The summed E-state index contributed by atoms with van der Waals surface area (Å²) in [6, 6.07) is 2.44. The van der Waals surface area contributed by atoms with Crippen LogP contribution in [0.15, 0.2) is 12.3 Å². The first kappa shape index (κ1) is 16.1. The second kappa shape index (κ2) is 8.24. The maximum atomic E-state index is 4.31. The molecular formula is C15H25N5S. The summed E-state index contributed by atoms with van der Waals surface area (Å²) in [4.78, 5) is 1.31. The molecule has 5 nitrogen and oxygen atoms in total. The molecule has 0 aliphatic heterocycles. The van der Waals surface area contributed by atoms with Crippen molar-refractivity contribution in [1.29, 1.82) is 0 Å². The van der Waals surface area contributed by atoms with Gasteiger partial charge in [0.2, 0.25) is 0 Å². The van der Waals surface area contributed by atoms with Crippen LogP contribution in [0.4, 0.5) is 0 Å². The average molecular weight is 307 g/mol. The van der Waals surface area contributed by atoms with Gasteiger partial charge in [-0.3, -0.25) is 4.68 Å². The molecule has 2 aromatic heterocycles. The zero-order valence-corrected chi connectivity index (χ0v) is 14.0. The second-order valence-corrected chi connectivity index (χ2v) is 6.11. The van der Waals surface area contributed by atoms with E-state index >= 15 is 0 Å². The quantitative estimate of drug-likeness (QED) is 0.774. The number of aromatic nitrogens is 4. The van der Waals surface area contributed by atoms with E-state index in [1.807, 2.05) is 17.9 Å². The Morgan fingerprint density at radius 1 is 1.29 bits per heavy atom. The Labute approximate surface area is 130 Å². The van der Waals surface area contributed by atoms with Gasteiger partial charge in [-0.2, -0.15) is 5.10 Å². The minimum absolute atomic E-state index is 0.349. The van der Waals surface area contributed by atoms with Crippen molar-refractivity contribution in [3.8, 4) is 0 Å². The number of nitrogens with zero attached hydrogens (tertiary/aromatic N) is 4. The van der Waals surface area contributed by atoms with Crippen LogP contribution in [0.1, 0.15) is 55.4 Å². The van der Waals surface area contributed by atoms with E-state index in [1.54, 1.807) is 11.5 Å². The van der Waals surface area contributed by atoms with E-state index in [-0.39, 0.29) is 0 Å². The van der Waals surface area contributed by atoms with Crippen molar-refractivity contribution in [3.63, 3.8) is 0 Å². The molecule has 2 aromatic rings. The van der Waals surface area contributed by atoms with Gasteiger partial charge in [-0.25, -0.2) is 0 Å². The molecule has 0 bridgehead atoms. The van der Waals surface area contributed by atoms with Crippen molar-refractivity contribution in [2.75, 3.05) is 6.54 Å². The van der Waals surface area contributed by atoms with E-state index in [0.717, 1.165) is 38.6 Å². The van der Waals surface area contributed by atoms with Gasteiger partial charge in [0.05, 0.1) is 10.6 Å². The Morgan fingerprint density at radius 3 is 2.81 bits per heavy atom. The van der Waals surface area contributed by atoms with Crippen molar-refractivity contribution < 1.29 is 0 Å². The molecule has 116 valence electrons. The van der Waals surface area contributed by atoms with Gasteiger partial charge in [0.15, 0.2) is 0 Å². The largest absolute Gasteiger partial charge is 0.309 e. The zero-order valence-electron chi connectivity index (χ0n) is 13.2. The molecule has 21 heavy (non-hydrogen) atoms. The predicted octanol–water partition coefficient (Wildman–Crippen LogP) is 2.90. The van der Waals surface area contributed by atoms with Crippen LogP contribution in [0.25, 0.3) is 0 Å². The molecular weight excluding hydrogens is 282 g/mol. The SMILES string of the molecule is CCCNC(CCc1ccnn1C)c1snnc1CCC. The van der Waals surface area contributed by atoms with Crippen molar-refractivity contribution in [3.05, 3.63) is 28.5 Å². The minimum Gasteiger partial charge on any atom is -0.309 e. The molecule has 2 heterocycles. The molecule has 1 atom stereocenters. The van der Waals surface area contributed by atoms with E-state index in [0.29, 0.717) is 6.04 Å². The topological polar surface area (TPSA) is 55.6 Å². The number of hydrogen-bond acceptors (Lipinski definition) is 5. The van der Waals surface area contributed by atoms with Gasteiger partial charge in [0, 0.05) is 25.0 Å². The fraction of sp³-hybridized carbons (Fsp3) is 0.667. The van der Waals surface area contributed by atoms with Crippen LogP contribution in [0.5, 0.6) is 0 Å². The van der Waals surface area contributed by atoms with Gasteiger partial charge in [-0.05, 0) is 49.8 Å². The highest BCUT2D eigenvalue weighted by Crippen LogP contribution is 2.25. The van der Waals surface area contributed by atoms with E-state index in [4.69, 9.17) is 0 Å². The average Bonchev–Trinajstić information content (AvgIpc) is 3.09. The lowest BCUT2D eigenvalue weighted by molar-refractivity contribution is 0.494. The van der Waals surface area contributed by atoms with Gasteiger partial charge >= 0.3 is 0 Å². The summed E-state index contributed by atoms with van der Waals surface area (Å²) in [7, 11) is 2.00. The highest BCUT2D eigenvalue weighted by molar-refractivity contribution is 7.05. The highest BCUT2D eigenvalue weighted by Gasteiger charge is 2.18. The van der Waals surface area contributed by atoms with Crippen LogP contribution in [-0.4, -0.2) is 25.9 Å². The van der Waals surface area contributed by atoms with Crippen molar-refractivity contribution in [2.45, 2.75) is 52.0 Å². The van der Waals surface area contributed by atoms with Crippen LogP contribution >= 0.6 is 11.5 Å². The second-order valence-electron chi connectivity index (χ2n) is 5.33. The number of hydrogen-bond donors (Lipinski definition) is 1. The van der Waals surface area contributed by atoms with Crippen LogP contribution < -0.4 is 5.32 Å². The van der Waals surface area contributed by atoms with Crippen LogP contribution in [0.3, 0.4) is 0 Å². The monoisotopic (exact) mass is 307 g/mol. The van der Waals surface area contributed by atoms with E-state index < -0.39 is 0 Å². The molecule has 0 saturated carbocycles. The Hall–Kier alpha value is -1.27. The molecule has 0 aliphatic carbocycles. The molecule has 0 radical (unpaired) electrons. The molecule has 0 amide bonds. The zero-order chi connectivity index (χ0) is 15.1. The Bertz CT molecular complexity index is 534. The van der Waals surface area contributed by atoms with Gasteiger partial charge in [-0.1, -0.05) is 24.8 Å². The first-order chi connectivity index (χ1) is 10.3. The van der Waals surface area contributed by atoms with Gasteiger partial charge in [-0.15, -0.1) is 5.10 Å². The van der Waals surface area contributed by atoms with Gasteiger partial charge < -0.3 is 5.32 Å². The molecule has 0 spiro atoms. The molecule has 2 rings (SSSR count). The third-order valence-corrected chi connectivity index (χ3v) is 4.52. The standard InChI is InChI=1S/C15H25N5S/c1-4-6-14-15(21-19-18-14)13(16-10-5-2)8-7-12-9-11-17-20(12)3/h9,11,13,16H,4-8,10H2,1-3H3. The molecule has 0 aliphatic rings. The Balaban J connectivity index is 2.06. The summed E-state index contributed by atoms with van der Waals surface area (Å²) >= 11 is 1.54. The third-order valence-electron chi connectivity index (χ3n) is 3.64. The first-order valence-electron chi connectivity index (χ1n) is 7.77. The normalized spacial score (nSPS) is 12.7. The lowest BCUT2D eigenvalue weighted by Crippen LogP contribution is -2.23. The highest BCUT2D eigenvalue weighted by atomic mass is 32.1. The first-order valence-corrected chi connectivity index (χ1v) is 8.55.